The van der Waals surface area contributed by atoms with Gasteiger partial charge in [0.1, 0.15) is 12.3 Å². The van der Waals surface area contributed by atoms with Gasteiger partial charge in [-0.3, -0.25) is 13.9 Å². The van der Waals surface area contributed by atoms with Gasteiger partial charge in [0.25, 0.3) is 5.56 Å². The van der Waals surface area contributed by atoms with Crippen LogP contribution in [-0.4, -0.2) is 32.2 Å². The highest BCUT2D eigenvalue weighted by atomic mass is 16.5. The molecule has 9 heteroatoms. The Kier molecular flexibility index (Phi) is 5.72. The Hall–Kier alpha value is -3.10. The second kappa shape index (κ2) is 7.65. The molecule has 27 heavy (non-hydrogen) atoms. The minimum Gasteiger partial charge on any atom is -0.459 e. The highest BCUT2D eigenvalue weighted by Gasteiger charge is 2.24. The Bertz CT molecular complexity index is 1010. The largest absolute Gasteiger partial charge is 0.459 e. The van der Waals surface area contributed by atoms with Crippen molar-refractivity contribution in [3.8, 4) is 0 Å². The molecule has 0 spiro atoms. The summed E-state index contributed by atoms with van der Waals surface area (Å²) in [6.07, 6.45) is -0.288. The third-order valence-corrected chi connectivity index (χ3v) is 4.16. The molecule has 2 heterocycles. The first-order chi connectivity index (χ1) is 12.5. The predicted molar refractivity (Wildman–Crippen MR) is 96.9 cm³/mol. The van der Waals surface area contributed by atoms with E-state index in [4.69, 9.17) is 9.47 Å². The average molecular weight is 377 g/mol. The summed E-state index contributed by atoms with van der Waals surface area (Å²) >= 11 is 0. The van der Waals surface area contributed by atoms with Crippen molar-refractivity contribution in [2.75, 3.05) is 0 Å². The number of aromatic nitrogens is 3. The van der Waals surface area contributed by atoms with Crippen LogP contribution in [0, 0.1) is 13.8 Å². The minimum absolute atomic E-state index is 0.122. The molecule has 0 unspecified atom stereocenters. The molecule has 0 bridgehead atoms. The molecule has 146 valence electrons. The van der Waals surface area contributed by atoms with Crippen molar-refractivity contribution in [2.45, 2.75) is 40.4 Å². The molecule has 2 aromatic rings. The molecule has 0 aliphatic carbocycles. The lowest BCUT2D eigenvalue weighted by atomic mass is 10.1. The molecule has 0 aliphatic rings. The van der Waals surface area contributed by atoms with Crippen molar-refractivity contribution in [2.24, 2.45) is 14.1 Å². The number of esters is 2. The van der Waals surface area contributed by atoms with E-state index >= 15 is 0 Å². The summed E-state index contributed by atoms with van der Waals surface area (Å²) in [4.78, 5) is 51.1. The van der Waals surface area contributed by atoms with Gasteiger partial charge in [-0.05, 0) is 33.3 Å². The maximum Gasteiger partial charge on any atom is 0.355 e. The fourth-order valence-electron chi connectivity index (χ4n) is 2.66. The predicted octanol–water partition coefficient (Wildman–Crippen LogP) is 0.951. The molecule has 0 aliphatic heterocycles. The lowest BCUT2D eigenvalue weighted by Gasteiger charge is -2.10. The normalized spacial score (nSPS) is 10.9. The molecule has 1 N–H and O–H groups in total. The molecule has 0 amide bonds. The lowest BCUT2D eigenvalue weighted by molar-refractivity contribution is 0.0376. The third kappa shape index (κ3) is 4.02. The SMILES string of the molecule is Cc1[nH]c(C(=O)OCc2cc(=O)n(C)c(=O)n2C)c(C)c1C(=O)OC(C)C. The average Bonchev–Trinajstić information content (AvgIpc) is 2.88. The number of H-pyrrole nitrogens is 1. The second-order valence-electron chi connectivity index (χ2n) is 6.53. The van der Waals surface area contributed by atoms with Crippen molar-refractivity contribution in [3.05, 3.63) is 55.1 Å². The number of aryl methyl sites for hydroxylation is 1. The van der Waals surface area contributed by atoms with Crippen LogP contribution in [0.2, 0.25) is 0 Å². The Balaban J connectivity index is 2.24. The van der Waals surface area contributed by atoms with E-state index in [9.17, 15) is 19.2 Å². The van der Waals surface area contributed by atoms with Gasteiger partial charge in [0.2, 0.25) is 0 Å². The van der Waals surface area contributed by atoms with Crippen LogP contribution in [0.4, 0.5) is 0 Å². The summed E-state index contributed by atoms with van der Waals surface area (Å²) in [5.41, 5.74) is 0.575. The van der Waals surface area contributed by atoms with Crippen LogP contribution in [-0.2, 0) is 30.2 Å². The lowest BCUT2D eigenvalue weighted by Crippen LogP contribution is -2.38. The number of hydrogen-bond acceptors (Lipinski definition) is 6. The van der Waals surface area contributed by atoms with Crippen molar-refractivity contribution in [1.82, 2.24) is 14.1 Å². The molecular formula is C18H23N3O6. The van der Waals surface area contributed by atoms with Crippen molar-refractivity contribution in [3.63, 3.8) is 0 Å². The highest BCUT2D eigenvalue weighted by Crippen LogP contribution is 2.20. The number of carbonyl (C=O) groups is 2. The molecule has 9 nitrogen and oxygen atoms in total. The molecule has 0 atom stereocenters. The minimum atomic E-state index is -0.702. The van der Waals surface area contributed by atoms with Gasteiger partial charge >= 0.3 is 17.6 Å². The standard InChI is InChI=1S/C18H23N3O6/c1-9(2)27-16(23)14-10(3)15(19-11(14)4)17(24)26-8-12-7-13(22)21(6)18(25)20(12)5/h7,9,19H,8H2,1-6H3. The highest BCUT2D eigenvalue weighted by molar-refractivity contribution is 5.98. The zero-order valence-corrected chi connectivity index (χ0v) is 16.2. The van der Waals surface area contributed by atoms with Gasteiger partial charge in [-0.2, -0.15) is 0 Å². The summed E-state index contributed by atoms with van der Waals surface area (Å²) in [5.74, 6) is -1.23. The number of nitrogens with zero attached hydrogens (tertiary/aromatic N) is 2. The molecule has 2 rings (SSSR count). The summed E-state index contributed by atoms with van der Waals surface area (Å²) in [6.45, 7) is 6.48. The van der Waals surface area contributed by atoms with Gasteiger partial charge < -0.3 is 14.5 Å². The van der Waals surface area contributed by atoms with E-state index in [1.54, 1.807) is 27.7 Å². The number of nitrogens with one attached hydrogen (secondary N) is 1. The number of ether oxygens (including phenoxy) is 2. The summed E-state index contributed by atoms with van der Waals surface area (Å²) in [7, 11) is 2.85. The van der Waals surface area contributed by atoms with Gasteiger partial charge in [0.05, 0.1) is 17.4 Å². The second-order valence-corrected chi connectivity index (χ2v) is 6.53. The topological polar surface area (TPSA) is 112 Å². The molecule has 0 saturated carbocycles. The third-order valence-electron chi connectivity index (χ3n) is 4.16. The van der Waals surface area contributed by atoms with Gasteiger partial charge in [-0.1, -0.05) is 0 Å². The molecule has 0 radical (unpaired) electrons. The first-order valence-electron chi connectivity index (χ1n) is 8.37. The van der Waals surface area contributed by atoms with E-state index < -0.39 is 23.2 Å². The molecular weight excluding hydrogens is 354 g/mol. The monoisotopic (exact) mass is 377 g/mol. The molecule has 0 aromatic carbocycles. The van der Waals surface area contributed by atoms with E-state index in [0.29, 0.717) is 11.3 Å². The Morgan fingerprint density at radius 2 is 1.74 bits per heavy atom. The van der Waals surface area contributed by atoms with Crippen LogP contribution in [0.15, 0.2) is 15.7 Å². The smallest absolute Gasteiger partial charge is 0.355 e. The van der Waals surface area contributed by atoms with Crippen LogP contribution in [0.5, 0.6) is 0 Å². The van der Waals surface area contributed by atoms with Crippen molar-refractivity contribution >= 4 is 11.9 Å². The van der Waals surface area contributed by atoms with Gasteiger partial charge in [0.15, 0.2) is 0 Å². The summed E-state index contributed by atoms with van der Waals surface area (Å²) in [6, 6.07) is 1.23. The number of rotatable bonds is 5. The van der Waals surface area contributed by atoms with Crippen LogP contribution < -0.4 is 11.2 Å². The van der Waals surface area contributed by atoms with Crippen molar-refractivity contribution < 1.29 is 19.1 Å². The van der Waals surface area contributed by atoms with Crippen molar-refractivity contribution in [1.29, 1.82) is 0 Å². The van der Waals surface area contributed by atoms with Crippen LogP contribution in [0.25, 0.3) is 0 Å². The summed E-state index contributed by atoms with van der Waals surface area (Å²) < 4.78 is 12.6. The number of carbonyl (C=O) groups excluding carboxylic acids is 2. The number of aromatic amines is 1. The van der Waals surface area contributed by atoms with Crippen LogP contribution >= 0.6 is 0 Å². The Morgan fingerprint density at radius 3 is 2.33 bits per heavy atom. The van der Waals surface area contributed by atoms with Gasteiger partial charge in [-0.15, -0.1) is 0 Å². The fraction of sp³-hybridized carbons (Fsp3) is 0.444. The quantitative estimate of drug-likeness (QED) is 0.777. The zero-order chi connectivity index (χ0) is 20.5. The van der Waals surface area contributed by atoms with Crippen LogP contribution in [0.3, 0.4) is 0 Å². The van der Waals surface area contributed by atoms with Crippen LogP contribution in [0.1, 0.15) is 51.6 Å². The van der Waals surface area contributed by atoms with E-state index in [2.05, 4.69) is 4.98 Å². The first-order valence-corrected chi connectivity index (χ1v) is 8.37. The number of hydrogen-bond donors (Lipinski definition) is 1. The maximum atomic E-state index is 12.4. The Labute approximate surface area is 155 Å². The fourth-order valence-corrected chi connectivity index (χ4v) is 2.66. The van der Waals surface area contributed by atoms with E-state index in [1.165, 1.54) is 24.7 Å². The Morgan fingerprint density at radius 1 is 1.11 bits per heavy atom. The molecule has 0 saturated heterocycles. The molecule has 0 fully saturated rings. The zero-order valence-electron chi connectivity index (χ0n) is 16.2. The van der Waals surface area contributed by atoms with Gasteiger partial charge in [0, 0.05) is 25.9 Å². The van der Waals surface area contributed by atoms with E-state index in [-0.39, 0.29) is 29.7 Å². The first kappa shape index (κ1) is 20.2. The van der Waals surface area contributed by atoms with E-state index in [0.717, 1.165) is 4.57 Å². The summed E-state index contributed by atoms with van der Waals surface area (Å²) in [5, 5.41) is 0. The maximum absolute atomic E-state index is 12.4. The van der Waals surface area contributed by atoms with E-state index in [1.807, 2.05) is 0 Å². The van der Waals surface area contributed by atoms with Gasteiger partial charge in [-0.25, -0.2) is 14.4 Å². The molecule has 2 aromatic heterocycles.